The van der Waals surface area contributed by atoms with Crippen LogP contribution in [0.15, 0.2) is 35.2 Å². The number of benzene rings is 1. The van der Waals surface area contributed by atoms with E-state index in [-0.39, 0.29) is 18.4 Å². The number of rotatable bonds is 6. The van der Waals surface area contributed by atoms with Gasteiger partial charge in [-0.3, -0.25) is 4.90 Å². The van der Waals surface area contributed by atoms with Crippen molar-refractivity contribution in [2.24, 2.45) is 5.73 Å². The Labute approximate surface area is 131 Å². The molecule has 1 aromatic carbocycles. The highest BCUT2D eigenvalue weighted by molar-refractivity contribution is 7.99. The van der Waals surface area contributed by atoms with Crippen molar-refractivity contribution in [3.63, 3.8) is 0 Å². The summed E-state index contributed by atoms with van der Waals surface area (Å²) in [5.41, 5.74) is 6.22. The van der Waals surface area contributed by atoms with Gasteiger partial charge in [-0.15, -0.1) is 24.2 Å². The monoisotopic (exact) mass is 314 g/mol. The zero-order chi connectivity index (χ0) is 13.1. The molecule has 3 atom stereocenters. The largest absolute Gasteiger partial charge is 0.375 e. The molecule has 112 valence electrons. The van der Waals surface area contributed by atoms with Gasteiger partial charge in [-0.25, -0.2) is 0 Å². The molecule has 0 aromatic heterocycles. The number of hydrogen-bond acceptors (Lipinski definition) is 4. The highest BCUT2D eigenvalue weighted by atomic mass is 35.5. The van der Waals surface area contributed by atoms with Gasteiger partial charge in [0.05, 0.1) is 12.7 Å². The zero-order valence-electron chi connectivity index (χ0n) is 11.6. The number of fused-ring (bicyclic) bond motifs is 2. The number of morpholine rings is 1. The summed E-state index contributed by atoms with van der Waals surface area (Å²) in [7, 11) is 0. The first kappa shape index (κ1) is 16.1. The number of hydrogen-bond donors (Lipinski definition) is 1. The summed E-state index contributed by atoms with van der Waals surface area (Å²) in [6.07, 6.45) is 2.82. The average Bonchev–Trinajstić information content (AvgIpc) is 3.06. The smallest absolute Gasteiger partial charge is 0.0718 e. The molecule has 20 heavy (non-hydrogen) atoms. The molecule has 2 aliphatic heterocycles. The average molecular weight is 315 g/mol. The van der Waals surface area contributed by atoms with Crippen LogP contribution in [0.2, 0.25) is 0 Å². The van der Waals surface area contributed by atoms with Crippen LogP contribution < -0.4 is 5.73 Å². The van der Waals surface area contributed by atoms with E-state index in [0.717, 1.165) is 31.9 Å². The van der Waals surface area contributed by atoms with Gasteiger partial charge in [0.25, 0.3) is 0 Å². The molecular formula is C15H23ClN2OS. The second-order valence-electron chi connectivity index (χ2n) is 5.51. The van der Waals surface area contributed by atoms with Crippen molar-refractivity contribution in [2.75, 3.05) is 25.4 Å². The minimum atomic E-state index is 0. The molecular weight excluding hydrogens is 292 g/mol. The van der Waals surface area contributed by atoms with Crippen LogP contribution in [0.25, 0.3) is 0 Å². The topological polar surface area (TPSA) is 38.5 Å². The Morgan fingerprint density at radius 1 is 1.35 bits per heavy atom. The van der Waals surface area contributed by atoms with Crippen LogP contribution in [-0.2, 0) is 4.74 Å². The van der Waals surface area contributed by atoms with Crippen molar-refractivity contribution in [2.45, 2.75) is 35.9 Å². The van der Waals surface area contributed by atoms with Crippen molar-refractivity contribution in [3.8, 4) is 0 Å². The second-order valence-corrected chi connectivity index (χ2v) is 6.61. The molecule has 0 spiro atoms. The number of thioether (sulfide) groups is 1. The molecule has 0 saturated carbocycles. The minimum absolute atomic E-state index is 0. The van der Waals surface area contributed by atoms with Crippen LogP contribution in [0.5, 0.6) is 0 Å². The number of ether oxygens (including phenoxy) is 1. The lowest BCUT2D eigenvalue weighted by atomic mass is 10.2. The Morgan fingerprint density at radius 2 is 2.15 bits per heavy atom. The van der Waals surface area contributed by atoms with Gasteiger partial charge in [-0.2, -0.15) is 0 Å². The fourth-order valence-electron chi connectivity index (χ4n) is 2.89. The van der Waals surface area contributed by atoms with Gasteiger partial charge in [-0.05, 0) is 25.0 Å². The van der Waals surface area contributed by atoms with Crippen LogP contribution in [0.4, 0.5) is 0 Å². The maximum absolute atomic E-state index is 6.22. The van der Waals surface area contributed by atoms with E-state index >= 15 is 0 Å². The van der Waals surface area contributed by atoms with E-state index in [1.54, 1.807) is 0 Å². The molecule has 2 heterocycles. The Kier molecular flexibility index (Phi) is 6.18. The summed E-state index contributed by atoms with van der Waals surface area (Å²) in [6, 6.07) is 11.4. The minimum Gasteiger partial charge on any atom is -0.375 e. The van der Waals surface area contributed by atoms with Gasteiger partial charge in [-0.1, -0.05) is 18.2 Å². The van der Waals surface area contributed by atoms with Gasteiger partial charge in [0.15, 0.2) is 0 Å². The van der Waals surface area contributed by atoms with Gasteiger partial charge in [0, 0.05) is 35.8 Å². The lowest BCUT2D eigenvalue weighted by Crippen LogP contribution is -2.40. The fraction of sp³-hybridized carbons (Fsp3) is 0.600. The Hall–Kier alpha value is -0.260. The van der Waals surface area contributed by atoms with E-state index in [1.165, 1.54) is 11.3 Å². The van der Waals surface area contributed by atoms with E-state index in [9.17, 15) is 0 Å². The summed E-state index contributed by atoms with van der Waals surface area (Å²) in [4.78, 5) is 3.87. The normalized spacial score (nSPS) is 26.4. The lowest BCUT2D eigenvalue weighted by Gasteiger charge is -2.27. The van der Waals surface area contributed by atoms with E-state index in [0.29, 0.717) is 12.1 Å². The zero-order valence-corrected chi connectivity index (χ0v) is 13.2. The third kappa shape index (κ3) is 4.12. The fourth-order valence-corrected chi connectivity index (χ4v) is 3.81. The molecule has 2 saturated heterocycles. The summed E-state index contributed by atoms with van der Waals surface area (Å²) >= 11 is 1.86. The van der Waals surface area contributed by atoms with Gasteiger partial charge < -0.3 is 10.5 Å². The van der Waals surface area contributed by atoms with Crippen molar-refractivity contribution >= 4 is 24.2 Å². The van der Waals surface area contributed by atoms with Crippen molar-refractivity contribution in [3.05, 3.63) is 30.3 Å². The van der Waals surface area contributed by atoms with E-state index in [1.807, 2.05) is 11.8 Å². The number of halogens is 1. The molecule has 2 N–H and O–H groups in total. The standard InChI is InChI=1S/C15H22N2OS.ClH/c16-12(11-19-15-4-2-1-3-5-15)6-7-17-9-14-8-13(17)10-18-14;/h1-5,12-14H,6-11,16H2;1H/t12-,13-,14-;/m1./s1. The quantitative estimate of drug-likeness (QED) is 0.818. The second kappa shape index (κ2) is 7.66. The summed E-state index contributed by atoms with van der Waals surface area (Å²) < 4.78 is 5.62. The lowest BCUT2D eigenvalue weighted by molar-refractivity contribution is 0.0298. The van der Waals surface area contributed by atoms with Crippen LogP contribution in [0.3, 0.4) is 0 Å². The molecule has 2 fully saturated rings. The Balaban J connectivity index is 0.00000147. The predicted octanol–water partition coefficient (Wildman–Crippen LogP) is 2.39. The molecule has 3 nitrogen and oxygen atoms in total. The summed E-state index contributed by atoms with van der Waals surface area (Å²) in [6.45, 7) is 3.17. The molecule has 3 rings (SSSR count). The highest BCUT2D eigenvalue weighted by Gasteiger charge is 2.38. The molecule has 0 aliphatic carbocycles. The third-order valence-corrected chi connectivity index (χ3v) is 5.21. The van der Waals surface area contributed by atoms with Gasteiger partial charge in [0.2, 0.25) is 0 Å². The predicted molar refractivity (Wildman–Crippen MR) is 86.7 cm³/mol. The maximum Gasteiger partial charge on any atom is 0.0718 e. The summed E-state index contributed by atoms with van der Waals surface area (Å²) in [5.74, 6) is 1.00. The van der Waals surface area contributed by atoms with Gasteiger partial charge in [0.1, 0.15) is 0 Å². The van der Waals surface area contributed by atoms with Crippen LogP contribution in [-0.4, -0.2) is 48.5 Å². The first-order chi connectivity index (χ1) is 9.31. The molecule has 5 heteroatoms. The molecule has 2 aliphatic rings. The SMILES string of the molecule is Cl.N[C@H](CCN1C[C@H]2C[C@@H]1CO2)CSc1ccccc1. The highest BCUT2D eigenvalue weighted by Crippen LogP contribution is 2.28. The van der Waals surface area contributed by atoms with Crippen LogP contribution >= 0.6 is 24.2 Å². The van der Waals surface area contributed by atoms with E-state index in [4.69, 9.17) is 10.5 Å². The Bertz CT molecular complexity index is 406. The number of nitrogens with two attached hydrogens (primary N) is 1. The molecule has 0 amide bonds. The molecule has 0 radical (unpaired) electrons. The van der Waals surface area contributed by atoms with Crippen molar-refractivity contribution in [1.82, 2.24) is 4.90 Å². The van der Waals surface area contributed by atoms with Crippen LogP contribution in [0.1, 0.15) is 12.8 Å². The first-order valence-electron chi connectivity index (χ1n) is 7.10. The molecule has 2 bridgehead atoms. The van der Waals surface area contributed by atoms with E-state index < -0.39 is 0 Å². The maximum atomic E-state index is 6.22. The summed E-state index contributed by atoms with van der Waals surface area (Å²) in [5, 5.41) is 0. The first-order valence-corrected chi connectivity index (χ1v) is 8.09. The number of nitrogens with zero attached hydrogens (tertiary/aromatic N) is 1. The van der Waals surface area contributed by atoms with Gasteiger partial charge >= 0.3 is 0 Å². The molecule has 1 aromatic rings. The van der Waals surface area contributed by atoms with Crippen LogP contribution in [0, 0.1) is 0 Å². The number of likely N-dealkylation sites (tertiary alicyclic amines) is 1. The van der Waals surface area contributed by atoms with Crippen molar-refractivity contribution in [1.29, 1.82) is 0 Å². The Morgan fingerprint density at radius 3 is 2.80 bits per heavy atom. The third-order valence-electron chi connectivity index (χ3n) is 4.01. The molecule has 0 unspecified atom stereocenters. The van der Waals surface area contributed by atoms with Crippen molar-refractivity contribution < 1.29 is 4.74 Å². The van der Waals surface area contributed by atoms with E-state index in [2.05, 4.69) is 35.2 Å².